The van der Waals surface area contributed by atoms with Crippen LogP contribution in [0.25, 0.3) is 0 Å². The smallest absolute Gasteiger partial charge is 0.325 e. The van der Waals surface area contributed by atoms with Crippen LogP contribution in [0.4, 0.5) is 4.79 Å². The quantitative estimate of drug-likeness (QED) is 0.727. The number of carbonyl (C=O) groups excluding carboxylic acids is 3. The van der Waals surface area contributed by atoms with Gasteiger partial charge in [-0.25, -0.2) is 4.79 Å². The van der Waals surface area contributed by atoms with Crippen LogP contribution in [0.2, 0.25) is 0 Å². The van der Waals surface area contributed by atoms with Crippen molar-refractivity contribution < 1.29 is 14.4 Å². The molecule has 2 aliphatic heterocycles. The van der Waals surface area contributed by atoms with E-state index in [1.165, 1.54) is 11.3 Å². The molecule has 7 nitrogen and oxygen atoms in total. The molecule has 0 radical (unpaired) electrons. The van der Waals surface area contributed by atoms with Crippen molar-refractivity contribution >= 4 is 17.8 Å². The van der Waals surface area contributed by atoms with Gasteiger partial charge < -0.3 is 15.1 Å². The molecule has 0 spiro atoms. The Morgan fingerprint density at radius 1 is 1.29 bits per heavy atom. The number of likely N-dealkylation sites (tertiary alicyclic amines) is 1. The normalized spacial score (nSPS) is 28.6. The summed E-state index contributed by atoms with van der Waals surface area (Å²) in [5, 5.41) is 5.19. The summed E-state index contributed by atoms with van der Waals surface area (Å²) in [4.78, 5) is 39.5. The van der Waals surface area contributed by atoms with Gasteiger partial charge in [-0.3, -0.25) is 14.9 Å². The van der Waals surface area contributed by atoms with E-state index in [1.807, 2.05) is 6.92 Å². The van der Waals surface area contributed by atoms with Crippen molar-refractivity contribution in [3.63, 3.8) is 0 Å². The number of hydrogen-bond donors (Lipinski definition) is 2. The molecule has 0 unspecified atom stereocenters. The van der Waals surface area contributed by atoms with Crippen LogP contribution in [0.1, 0.15) is 41.0 Å². The molecule has 7 heteroatoms. The molecule has 4 amide bonds. The minimum absolute atomic E-state index is 0.000483. The van der Waals surface area contributed by atoms with Crippen LogP contribution >= 0.6 is 0 Å². The van der Waals surface area contributed by atoms with E-state index in [0.717, 1.165) is 19.6 Å². The fourth-order valence-corrected chi connectivity index (χ4v) is 3.80. The molecule has 0 bridgehead atoms. The summed E-state index contributed by atoms with van der Waals surface area (Å²) >= 11 is 0. The number of rotatable bonds is 5. The lowest BCUT2D eigenvalue weighted by atomic mass is 9.92. The average molecular weight is 338 g/mol. The zero-order chi connectivity index (χ0) is 18.1. The summed E-state index contributed by atoms with van der Waals surface area (Å²) in [5.74, 6) is 0.747. The van der Waals surface area contributed by atoms with E-state index in [4.69, 9.17) is 0 Å². The number of hydrogen-bond acceptors (Lipinski definition) is 4. The topological polar surface area (TPSA) is 81.8 Å². The number of imide groups is 1. The number of urea groups is 1. The SMILES string of the molecule is C[C@@H]1C[C@H](C)CN(C[C@H](C)NC(=O)CN2C(=O)NC(=O)C2(C)C)C1. The highest BCUT2D eigenvalue weighted by atomic mass is 16.2. The first-order valence-electron chi connectivity index (χ1n) is 8.74. The predicted molar refractivity (Wildman–Crippen MR) is 91.3 cm³/mol. The molecule has 0 aliphatic carbocycles. The molecule has 136 valence electrons. The van der Waals surface area contributed by atoms with E-state index in [0.29, 0.717) is 11.8 Å². The van der Waals surface area contributed by atoms with Crippen LogP contribution in [0.3, 0.4) is 0 Å². The first kappa shape index (κ1) is 18.7. The second-order valence-electron chi connectivity index (χ2n) is 8.04. The Kier molecular flexibility index (Phi) is 5.52. The molecule has 2 N–H and O–H groups in total. The maximum atomic E-state index is 12.3. The minimum atomic E-state index is -0.991. The Balaban J connectivity index is 1.83. The molecular formula is C17H30N4O3. The van der Waals surface area contributed by atoms with Crippen LogP contribution < -0.4 is 10.6 Å². The maximum absolute atomic E-state index is 12.3. The second-order valence-corrected chi connectivity index (χ2v) is 8.04. The van der Waals surface area contributed by atoms with Crippen LogP contribution in [0.15, 0.2) is 0 Å². The Labute approximate surface area is 144 Å². The Morgan fingerprint density at radius 3 is 2.38 bits per heavy atom. The predicted octanol–water partition coefficient (Wildman–Crippen LogP) is 0.799. The lowest BCUT2D eigenvalue weighted by Gasteiger charge is -2.36. The molecule has 2 rings (SSSR count). The molecule has 2 aliphatic rings. The average Bonchev–Trinajstić information content (AvgIpc) is 2.60. The summed E-state index contributed by atoms with van der Waals surface area (Å²) < 4.78 is 0. The third-order valence-corrected chi connectivity index (χ3v) is 4.88. The number of carbonyl (C=O) groups is 3. The van der Waals surface area contributed by atoms with Gasteiger partial charge in [-0.1, -0.05) is 13.8 Å². The minimum Gasteiger partial charge on any atom is -0.351 e. The lowest BCUT2D eigenvalue weighted by molar-refractivity contribution is -0.127. The van der Waals surface area contributed by atoms with Crippen LogP contribution in [0.5, 0.6) is 0 Å². The molecule has 2 heterocycles. The highest BCUT2D eigenvalue weighted by Gasteiger charge is 2.46. The van der Waals surface area contributed by atoms with Crippen molar-refractivity contribution in [1.82, 2.24) is 20.4 Å². The van der Waals surface area contributed by atoms with E-state index >= 15 is 0 Å². The highest BCUT2D eigenvalue weighted by molar-refractivity contribution is 6.07. The van der Waals surface area contributed by atoms with Crippen molar-refractivity contribution in [3.05, 3.63) is 0 Å². The Bertz CT molecular complexity index is 510. The molecule has 24 heavy (non-hydrogen) atoms. The van der Waals surface area contributed by atoms with Crippen LogP contribution in [0, 0.1) is 11.8 Å². The van der Waals surface area contributed by atoms with Crippen molar-refractivity contribution in [2.24, 2.45) is 11.8 Å². The highest BCUT2D eigenvalue weighted by Crippen LogP contribution is 2.21. The van der Waals surface area contributed by atoms with E-state index in [-0.39, 0.29) is 24.4 Å². The van der Waals surface area contributed by atoms with Gasteiger partial charge in [-0.05, 0) is 39.0 Å². The summed E-state index contributed by atoms with van der Waals surface area (Å²) in [7, 11) is 0. The largest absolute Gasteiger partial charge is 0.351 e. The first-order valence-corrected chi connectivity index (χ1v) is 8.74. The van der Waals surface area contributed by atoms with E-state index in [9.17, 15) is 14.4 Å². The van der Waals surface area contributed by atoms with E-state index in [2.05, 4.69) is 29.4 Å². The zero-order valence-corrected chi connectivity index (χ0v) is 15.4. The van der Waals surface area contributed by atoms with Gasteiger partial charge in [0.15, 0.2) is 0 Å². The number of nitrogens with zero attached hydrogens (tertiary/aromatic N) is 2. The van der Waals surface area contributed by atoms with E-state index in [1.54, 1.807) is 13.8 Å². The lowest BCUT2D eigenvalue weighted by Crippen LogP contribution is -2.52. The van der Waals surface area contributed by atoms with Gasteiger partial charge in [0.25, 0.3) is 5.91 Å². The van der Waals surface area contributed by atoms with Gasteiger partial charge in [0.1, 0.15) is 12.1 Å². The van der Waals surface area contributed by atoms with Gasteiger partial charge in [-0.2, -0.15) is 0 Å². The van der Waals surface area contributed by atoms with Gasteiger partial charge in [0.05, 0.1) is 0 Å². The van der Waals surface area contributed by atoms with Crippen molar-refractivity contribution in [3.8, 4) is 0 Å². The standard InChI is InChI=1S/C17H30N4O3/c1-11-6-12(2)8-20(7-11)9-13(3)18-14(22)10-21-16(24)19-15(23)17(21,4)5/h11-13H,6-10H2,1-5H3,(H,18,22)(H,19,23,24)/t11-,12+,13-/m0/s1. The molecular weight excluding hydrogens is 308 g/mol. The first-order chi connectivity index (χ1) is 11.1. The third-order valence-electron chi connectivity index (χ3n) is 4.88. The molecule has 0 aromatic rings. The molecule has 0 saturated carbocycles. The van der Waals surface area contributed by atoms with Gasteiger partial charge in [-0.15, -0.1) is 0 Å². The third kappa shape index (κ3) is 4.26. The number of nitrogens with one attached hydrogen (secondary N) is 2. The van der Waals surface area contributed by atoms with Crippen molar-refractivity contribution in [2.75, 3.05) is 26.2 Å². The maximum Gasteiger partial charge on any atom is 0.325 e. The van der Waals surface area contributed by atoms with Crippen LogP contribution in [-0.4, -0.2) is 65.4 Å². The summed E-state index contributed by atoms with van der Waals surface area (Å²) in [6.45, 7) is 12.6. The van der Waals surface area contributed by atoms with Crippen LogP contribution in [-0.2, 0) is 9.59 Å². The molecule has 2 fully saturated rings. The Morgan fingerprint density at radius 2 is 1.88 bits per heavy atom. The van der Waals surface area contributed by atoms with Crippen molar-refractivity contribution in [2.45, 2.75) is 52.6 Å². The van der Waals surface area contributed by atoms with E-state index < -0.39 is 11.6 Å². The monoisotopic (exact) mass is 338 g/mol. The molecule has 0 aromatic carbocycles. The second kappa shape index (κ2) is 7.09. The fraction of sp³-hybridized carbons (Fsp3) is 0.824. The molecule has 3 atom stereocenters. The number of piperidine rings is 1. The Hall–Kier alpha value is -1.63. The van der Waals surface area contributed by atoms with Gasteiger partial charge in [0.2, 0.25) is 5.91 Å². The summed E-state index contributed by atoms with van der Waals surface area (Å²) in [5.41, 5.74) is -0.991. The molecule has 2 saturated heterocycles. The van der Waals surface area contributed by atoms with Gasteiger partial charge in [0, 0.05) is 25.7 Å². The van der Waals surface area contributed by atoms with Crippen molar-refractivity contribution in [1.29, 1.82) is 0 Å². The fourth-order valence-electron chi connectivity index (χ4n) is 3.80. The number of amides is 4. The summed E-state index contributed by atoms with van der Waals surface area (Å²) in [6.07, 6.45) is 1.25. The van der Waals surface area contributed by atoms with Gasteiger partial charge >= 0.3 is 6.03 Å². The summed E-state index contributed by atoms with van der Waals surface area (Å²) in [6, 6.07) is -0.508. The zero-order valence-electron chi connectivity index (χ0n) is 15.4. The molecule has 0 aromatic heterocycles.